The fourth-order valence-electron chi connectivity index (χ4n) is 1.90. The van der Waals surface area contributed by atoms with Crippen LogP contribution in [0.1, 0.15) is 33.6 Å². The van der Waals surface area contributed by atoms with Crippen LogP contribution in [-0.2, 0) is 9.59 Å². The Morgan fingerprint density at radius 1 is 1.30 bits per heavy atom. The third-order valence-electron chi connectivity index (χ3n) is 2.95. The first-order chi connectivity index (χ1) is 9.47. The molecule has 0 heterocycles. The van der Waals surface area contributed by atoms with Gasteiger partial charge in [0.1, 0.15) is 5.75 Å². The molecule has 0 aromatic heterocycles. The van der Waals surface area contributed by atoms with E-state index in [0.717, 1.165) is 12.8 Å². The van der Waals surface area contributed by atoms with E-state index >= 15 is 0 Å². The summed E-state index contributed by atoms with van der Waals surface area (Å²) in [5.41, 5.74) is 1.18. The molecule has 1 atom stereocenters. The van der Waals surface area contributed by atoms with Crippen LogP contribution in [0.15, 0.2) is 18.2 Å². The van der Waals surface area contributed by atoms with Crippen molar-refractivity contribution in [3.63, 3.8) is 0 Å². The molecule has 110 valence electrons. The normalized spacial score (nSPS) is 11.6. The van der Waals surface area contributed by atoms with Crippen molar-refractivity contribution in [1.29, 1.82) is 0 Å². The van der Waals surface area contributed by atoms with E-state index in [1.807, 2.05) is 13.8 Å². The summed E-state index contributed by atoms with van der Waals surface area (Å²) in [6, 6.07) is 5.16. The van der Waals surface area contributed by atoms with Crippen molar-refractivity contribution in [1.82, 2.24) is 0 Å². The van der Waals surface area contributed by atoms with E-state index in [9.17, 15) is 9.59 Å². The highest BCUT2D eigenvalue weighted by molar-refractivity contribution is 5.95. The Balaban J connectivity index is 2.86. The van der Waals surface area contributed by atoms with Crippen LogP contribution in [0.25, 0.3) is 0 Å². The van der Waals surface area contributed by atoms with E-state index < -0.39 is 0 Å². The Kier molecular flexibility index (Phi) is 6.03. The van der Waals surface area contributed by atoms with Crippen LogP contribution in [0.4, 0.5) is 11.4 Å². The Bertz CT molecular complexity index is 486. The number of hydrogen-bond donors (Lipinski definition) is 2. The summed E-state index contributed by atoms with van der Waals surface area (Å²) in [5, 5.41) is 5.52. The van der Waals surface area contributed by atoms with Crippen LogP contribution in [0.5, 0.6) is 5.75 Å². The molecule has 0 radical (unpaired) electrons. The number of nitrogens with one attached hydrogen (secondary N) is 2. The zero-order valence-electron chi connectivity index (χ0n) is 12.4. The van der Waals surface area contributed by atoms with E-state index in [2.05, 4.69) is 10.6 Å². The summed E-state index contributed by atoms with van der Waals surface area (Å²) in [6.45, 7) is 5.37. The summed E-state index contributed by atoms with van der Waals surface area (Å²) in [7, 11) is 1.53. The third-order valence-corrected chi connectivity index (χ3v) is 2.95. The maximum Gasteiger partial charge on any atom is 0.227 e. The molecule has 2 N–H and O–H groups in total. The molecule has 1 rings (SSSR count). The number of anilines is 2. The SMILES string of the molecule is CCCC(C)C(=O)Nc1ccc(OC)c(NC(C)=O)c1. The summed E-state index contributed by atoms with van der Waals surface area (Å²) < 4.78 is 5.16. The highest BCUT2D eigenvalue weighted by Gasteiger charge is 2.13. The Morgan fingerprint density at radius 3 is 2.55 bits per heavy atom. The molecule has 2 amide bonds. The standard InChI is InChI=1S/C15H22N2O3/c1-5-6-10(2)15(19)17-12-7-8-14(20-4)13(9-12)16-11(3)18/h7-10H,5-6H2,1-4H3,(H,16,18)(H,17,19). The van der Waals surface area contributed by atoms with E-state index in [4.69, 9.17) is 4.74 Å². The van der Waals surface area contributed by atoms with Crippen LogP contribution in [0.2, 0.25) is 0 Å². The van der Waals surface area contributed by atoms with Crippen molar-refractivity contribution >= 4 is 23.2 Å². The first-order valence-electron chi connectivity index (χ1n) is 6.74. The number of hydrogen-bond acceptors (Lipinski definition) is 3. The lowest BCUT2D eigenvalue weighted by Gasteiger charge is -2.14. The zero-order valence-corrected chi connectivity index (χ0v) is 12.4. The molecular weight excluding hydrogens is 256 g/mol. The molecule has 0 bridgehead atoms. The van der Waals surface area contributed by atoms with Gasteiger partial charge in [0.05, 0.1) is 12.8 Å². The second kappa shape index (κ2) is 7.53. The van der Waals surface area contributed by atoms with Crippen molar-refractivity contribution in [2.24, 2.45) is 5.92 Å². The molecule has 0 aliphatic heterocycles. The lowest BCUT2D eigenvalue weighted by molar-refractivity contribution is -0.119. The van der Waals surface area contributed by atoms with Gasteiger partial charge >= 0.3 is 0 Å². The lowest BCUT2D eigenvalue weighted by Crippen LogP contribution is -2.20. The van der Waals surface area contributed by atoms with Crippen LogP contribution in [0.3, 0.4) is 0 Å². The van der Waals surface area contributed by atoms with E-state index in [0.29, 0.717) is 17.1 Å². The van der Waals surface area contributed by atoms with Gasteiger partial charge < -0.3 is 15.4 Å². The molecule has 0 aliphatic rings. The van der Waals surface area contributed by atoms with E-state index in [1.54, 1.807) is 18.2 Å². The fraction of sp³-hybridized carbons (Fsp3) is 0.467. The summed E-state index contributed by atoms with van der Waals surface area (Å²) in [4.78, 5) is 23.1. The van der Waals surface area contributed by atoms with Gasteiger partial charge in [0.15, 0.2) is 0 Å². The first-order valence-corrected chi connectivity index (χ1v) is 6.74. The Labute approximate surface area is 119 Å². The number of carbonyl (C=O) groups excluding carboxylic acids is 2. The Hall–Kier alpha value is -2.04. The number of rotatable bonds is 6. The molecule has 5 nitrogen and oxygen atoms in total. The monoisotopic (exact) mass is 278 g/mol. The zero-order chi connectivity index (χ0) is 15.1. The maximum absolute atomic E-state index is 12.0. The van der Waals surface area contributed by atoms with Gasteiger partial charge in [-0.25, -0.2) is 0 Å². The number of amides is 2. The summed E-state index contributed by atoms with van der Waals surface area (Å²) >= 11 is 0. The predicted molar refractivity (Wildman–Crippen MR) is 80.0 cm³/mol. The highest BCUT2D eigenvalue weighted by atomic mass is 16.5. The topological polar surface area (TPSA) is 67.4 Å². The lowest BCUT2D eigenvalue weighted by atomic mass is 10.1. The van der Waals surface area contributed by atoms with Gasteiger partial charge in [0, 0.05) is 18.5 Å². The average Bonchev–Trinajstić information content (AvgIpc) is 2.38. The van der Waals surface area contributed by atoms with Crippen LogP contribution < -0.4 is 15.4 Å². The second-order valence-corrected chi connectivity index (χ2v) is 4.78. The van der Waals surface area contributed by atoms with Crippen molar-refractivity contribution in [3.8, 4) is 5.75 Å². The van der Waals surface area contributed by atoms with Crippen LogP contribution in [0, 0.1) is 5.92 Å². The quantitative estimate of drug-likeness (QED) is 0.840. The Morgan fingerprint density at radius 2 is 2.00 bits per heavy atom. The number of benzene rings is 1. The largest absolute Gasteiger partial charge is 0.495 e. The second-order valence-electron chi connectivity index (χ2n) is 4.78. The van der Waals surface area contributed by atoms with Gasteiger partial charge in [-0.3, -0.25) is 9.59 Å². The van der Waals surface area contributed by atoms with Gasteiger partial charge in [-0.1, -0.05) is 20.3 Å². The molecule has 5 heteroatoms. The molecule has 20 heavy (non-hydrogen) atoms. The minimum atomic E-state index is -0.189. The molecule has 1 aromatic carbocycles. The minimum Gasteiger partial charge on any atom is -0.495 e. The van der Waals surface area contributed by atoms with E-state index in [1.165, 1.54) is 14.0 Å². The predicted octanol–water partition coefficient (Wildman–Crippen LogP) is 3.03. The van der Waals surface area contributed by atoms with Crippen LogP contribution >= 0.6 is 0 Å². The fourth-order valence-corrected chi connectivity index (χ4v) is 1.90. The van der Waals surface area contributed by atoms with Crippen LogP contribution in [-0.4, -0.2) is 18.9 Å². The van der Waals surface area contributed by atoms with Crippen molar-refractivity contribution in [2.45, 2.75) is 33.6 Å². The molecule has 0 aliphatic carbocycles. The minimum absolute atomic E-state index is 0.0224. The van der Waals surface area contributed by atoms with Gasteiger partial charge in [-0.15, -0.1) is 0 Å². The number of ether oxygens (including phenoxy) is 1. The average molecular weight is 278 g/mol. The van der Waals surface area contributed by atoms with Crippen molar-refractivity contribution in [2.75, 3.05) is 17.7 Å². The maximum atomic E-state index is 12.0. The van der Waals surface area contributed by atoms with Crippen molar-refractivity contribution in [3.05, 3.63) is 18.2 Å². The number of methoxy groups -OCH3 is 1. The van der Waals surface area contributed by atoms with E-state index in [-0.39, 0.29) is 17.7 Å². The summed E-state index contributed by atoms with van der Waals surface area (Å²) in [5.74, 6) is 0.308. The van der Waals surface area contributed by atoms with Gasteiger partial charge in [0.2, 0.25) is 11.8 Å². The number of carbonyl (C=O) groups is 2. The molecular formula is C15H22N2O3. The van der Waals surface area contributed by atoms with Gasteiger partial charge in [-0.05, 0) is 24.6 Å². The molecule has 0 spiro atoms. The molecule has 0 saturated heterocycles. The smallest absolute Gasteiger partial charge is 0.227 e. The highest BCUT2D eigenvalue weighted by Crippen LogP contribution is 2.28. The third kappa shape index (κ3) is 4.57. The van der Waals surface area contributed by atoms with Gasteiger partial charge in [-0.2, -0.15) is 0 Å². The molecule has 1 unspecified atom stereocenters. The molecule has 1 aromatic rings. The molecule has 0 fully saturated rings. The van der Waals surface area contributed by atoms with Crippen molar-refractivity contribution < 1.29 is 14.3 Å². The molecule has 0 saturated carbocycles. The first kappa shape index (κ1) is 16.0. The van der Waals surface area contributed by atoms with Gasteiger partial charge in [0.25, 0.3) is 0 Å². The summed E-state index contributed by atoms with van der Waals surface area (Å²) in [6.07, 6.45) is 1.81.